The van der Waals surface area contributed by atoms with Crippen LogP contribution in [0.4, 0.5) is 10.2 Å². The Bertz CT molecular complexity index is 578. The molecule has 1 N–H and O–H groups in total. The molecule has 1 heterocycles. The van der Waals surface area contributed by atoms with Gasteiger partial charge in [0.05, 0.1) is 0 Å². The van der Waals surface area contributed by atoms with E-state index in [-0.39, 0.29) is 6.61 Å². The summed E-state index contributed by atoms with van der Waals surface area (Å²) in [5.41, 5.74) is 1.01. The maximum atomic E-state index is 12.9. The number of pyridine rings is 1. The maximum Gasteiger partial charge on any atom is 0.214 e. The number of hydrogen-bond donors (Lipinski definition) is 1. The summed E-state index contributed by atoms with van der Waals surface area (Å²) in [6.07, 6.45) is 0. The van der Waals surface area contributed by atoms with Gasteiger partial charge >= 0.3 is 0 Å². The fourth-order valence-electron chi connectivity index (χ4n) is 1.52. The van der Waals surface area contributed by atoms with Crippen molar-refractivity contribution in [1.29, 1.82) is 5.26 Å². The Morgan fingerprint density at radius 3 is 2.68 bits per heavy atom. The Balaban J connectivity index is 1.91. The van der Waals surface area contributed by atoms with Gasteiger partial charge in [0.25, 0.3) is 0 Å². The van der Waals surface area contributed by atoms with E-state index in [1.807, 2.05) is 18.2 Å². The summed E-state index contributed by atoms with van der Waals surface area (Å²) < 4.78 is 18.0. The third-order valence-electron chi connectivity index (χ3n) is 2.42. The topological polar surface area (TPSA) is 57.9 Å². The average Bonchev–Trinajstić information content (AvgIpc) is 2.44. The number of nitrogens with zero attached hydrogens (tertiary/aromatic N) is 2. The number of anilines is 1. The third-order valence-corrected chi connectivity index (χ3v) is 2.42. The molecule has 1 aromatic heterocycles. The van der Waals surface area contributed by atoms with Gasteiger partial charge in [-0.25, -0.2) is 4.98 Å². The molecule has 2 rings (SSSR count). The van der Waals surface area contributed by atoms with Gasteiger partial charge in [-0.3, -0.25) is 0 Å². The molecule has 0 saturated heterocycles. The summed E-state index contributed by atoms with van der Waals surface area (Å²) in [5, 5.41) is 11.4. The van der Waals surface area contributed by atoms with Gasteiger partial charge in [-0.05, 0) is 29.8 Å². The van der Waals surface area contributed by atoms with Crippen molar-refractivity contribution < 1.29 is 9.13 Å². The van der Waals surface area contributed by atoms with Gasteiger partial charge in [0.1, 0.15) is 17.6 Å². The second kappa shape index (κ2) is 6.36. The standard InChI is InChI=1S/C14H12FN3O/c15-13-2-1-3-14(18-13)17-10-11-4-6-12(7-5-11)19-9-8-16/h1-7H,9-10H2,(H,17,18). The predicted octanol–water partition coefficient (Wildman–Crippen LogP) is 2.74. The van der Waals surface area contributed by atoms with Crippen LogP contribution in [0.5, 0.6) is 5.75 Å². The molecule has 0 aliphatic rings. The SMILES string of the molecule is N#CCOc1ccc(CNc2cccc(F)n2)cc1. The van der Waals surface area contributed by atoms with Crippen LogP contribution < -0.4 is 10.1 Å². The first-order chi connectivity index (χ1) is 9.28. The summed E-state index contributed by atoms with van der Waals surface area (Å²) in [7, 11) is 0. The fraction of sp³-hybridized carbons (Fsp3) is 0.143. The molecule has 0 fully saturated rings. The van der Waals surface area contributed by atoms with Crippen LogP contribution in [0.3, 0.4) is 0 Å². The summed E-state index contributed by atoms with van der Waals surface area (Å²) >= 11 is 0. The highest BCUT2D eigenvalue weighted by molar-refractivity contribution is 5.36. The normalized spacial score (nSPS) is 9.68. The molecular formula is C14H12FN3O. The zero-order chi connectivity index (χ0) is 13.5. The predicted molar refractivity (Wildman–Crippen MR) is 69.1 cm³/mol. The molecule has 0 aliphatic carbocycles. The Hall–Kier alpha value is -2.61. The fourth-order valence-corrected chi connectivity index (χ4v) is 1.52. The van der Waals surface area contributed by atoms with Crippen LogP contribution in [0.25, 0.3) is 0 Å². The van der Waals surface area contributed by atoms with E-state index >= 15 is 0 Å². The lowest BCUT2D eigenvalue weighted by atomic mass is 10.2. The van der Waals surface area contributed by atoms with Crippen LogP contribution in [0.15, 0.2) is 42.5 Å². The van der Waals surface area contributed by atoms with E-state index in [9.17, 15) is 4.39 Å². The minimum Gasteiger partial charge on any atom is -0.479 e. The van der Waals surface area contributed by atoms with E-state index in [4.69, 9.17) is 10.00 Å². The Labute approximate surface area is 110 Å². The number of ether oxygens (including phenoxy) is 1. The first-order valence-electron chi connectivity index (χ1n) is 5.73. The molecule has 96 valence electrons. The second-order valence-electron chi connectivity index (χ2n) is 3.79. The molecule has 0 bridgehead atoms. The van der Waals surface area contributed by atoms with Crippen molar-refractivity contribution in [3.8, 4) is 11.8 Å². The number of benzene rings is 1. The molecule has 0 amide bonds. The molecule has 4 nitrogen and oxygen atoms in total. The zero-order valence-corrected chi connectivity index (χ0v) is 10.1. The van der Waals surface area contributed by atoms with Crippen LogP contribution in [0.2, 0.25) is 0 Å². The van der Waals surface area contributed by atoms with E-state index in [2.05, 4.69) is 10.3 Å². The summed E-state index contributed by atoms with van der Waals surface area (Å²) in [5.74, 6) is 0.629. The van der Waals surface area contributed by atoms with Crippen LogP contribution >= 0.6 is 0 Å². The van der Waals surface area contributed by atoms with Crippen LogP contribution in [-0.4, -0.2) is 11.6 Å². The Kier molecular flexibility index (Phi) is 4.29. The van der Waals surface area contributed by atoms with Crippen molar-refractivity contribution in [2.75, 3.05) is 11.9 Å². The third kappa shape index (κ3) is 3.96. The minimum atomic E-state index is -0.509. The van der Waals surface area contributed by atoms with E-state index in [1.54, 1.807) is 24.3 Å². The highest BCUT2D eigenvalue weighted by atomic mass is 19.1. The Morgan fingerprint density at radius 1 is 1.21 bits per heavy atom. The van der Waals surface area contributed by atoms with Crippen molar-refractivity contribution in [1.82, 2.24) is 4.98 Å². The van der Waals surface area contributed by atoms with Gasteiger partial charge in [0, 0.05) is 6.54 Å². The second-order valence-corrected chi connectivity index (χ2v) is 3.79. The van der Waals surface area contributed by atoms with Crippen molar-refractivity contribution in [2.24, 2.45) is 0 Å². The zero-order valence-electron chi connectivity index (χ0n) is 10.1. The molecule has 0 atom stereocenters. The van der Waals surface area contributed by atoms with Crippen molar-refractivity contribution in [3.63, 3.8) is 0 Å². The lowest BCUT2D eigenvalue weighted by Crippen LogP contribution is -2.02. The van der Waals surface area contributed by atoms with Gasteiger partial charge in [-0.1, -0.05) is 18.2 Å². The molecule has 19 heavy (non-hydrogen) atoms. The molecule has 1 aromatic carbocycles. The number of nitriles is 1. The molecule has 0 spiro atoms. The first-order valence-corrected chi connectivity index (χ1v) is 5.73. The number of nitrogens with one attached hydrogen (secondary N) is 1. The molecule has 0 radical (unpaired) electrons. The molecule has 0 unspecified atom stereocenters. The van der Waals surface area contributed by atoms with Gasteiger partial charge < -0.3 is 10.1 Å². The summed E-state index contributed by atoms with van der Waals surface area (Å²) in [6, 6.07) is 13.8. The van der Waals surface area contributed by atoms with Crippen LogP contribution in [0, 0.1) is 17.3 Å². The largest absolute Gasteiger partial charge is 0.479 e. The minimum absolute atomic E-state index is 0.0325. The van der Waals surface area contributed by atoms with Crippen molar-refractivity contribution >= 4 is 5.82 Å². The highest BCUT2D eigenvalue weighted by Gasteiger charge is 1.98. The number of hydrogen-bond acceptors (Lipinski definition) is 4. The smallest absolute Gasteiger partial charge is 0.214 e. The number of rotatable bonds is 5. The van der Waals surface area contributed by atoms with E-state index in [0.717, 1.165) is 5.56 Å². The van der Waals surface area contributed by atoms with Gasteiger partial charge in [0.15, 0.2) is 6.61 Å². The van der Waals surface area contributed by atoms with Crippen LogP contribution in [-0.2, 0) is 6.54 Å². The lowest BCUT2D eigenvalue weighted by molar-refractivity contribution is 0.368. The number of halogens is 1. The molecule has 0 aliphatic heterocycles. The highest BCUT2D eigenvalue weighted by Crippen LogP contribution is 2.13. The van der Waals surface area contributed by atoms with Gasteiger partial charge in [-0.15, -0.1) is 0 Å². The van der Waals surface area contributed by atoms with Gasteiger partial charge in [-0.2, -0.15) is 9.65 Å². The Morgan fingerprint density at radius 2 is 2.00 bits per heavy atom. The van der Waals surface area contributed by atoms with Crippen molar-refractivity contribution in [2.45, 2.75) is 6.54 Å². The molecular weight excluding hydrogens is 245 g/mol. The van der Waals surface area contributed by atoms with E-state index < -0.39 is 5.95 Å². The lowest BCUT2D eigenvalue weighted by Gasteiger charge is -2.06. The number of aromatic nitrogens is 1. The van der Waals surface area contributed by atoms with Crippen LogP contribution in [0.1, 0.15) is 5.56 Å². The van der Waals surface area contributed by atoms with E-state index in [1.165, 1.54) is 6.07 Å². The molecule has 5 heteroatoms. The molecule has 0 saturated carbocycles. The quantitative estimate of drug-likeness (QED) is 0.837. The monoisotopic (exact) mass is 257 g/mol. The average molecular weight is 257 g/mol. The van der Waals surface area contributed by atoms with Gasteiger partial charge in [0.2, 0.25) is 5.95 Å². The molecule has 2 aromatic rings. The maximum absolute atomic E-state index is 12.9. The van der Waals surface area contributed by atoms with Crippen molar-refractivity contribution in [3.05, 3.63) is 54.0 Å². The summed E-state index contributed by atoms with van der Waals surface area (Å²) in [4.78, 5) is 3.71. The summed E-state index contributed by atoms with van der Waals surface area (Å²) in [6.45, 7) is 0.569. The first kappa shape index (κ1) is 12.8. The van der Waals surface area contributed by atoms with E-state index in [0.29, 0.717) is 18.1 Å².